The number of rotatable bonds is 3. The quantitative estimate of drug-likeness (QED) is 0.717. The molecule has 0 radical (unpaired) electrons. The lowest BCUT2D eigenvalue weighted by molar-refractivity contribution is 0.260. The maximum absolute atomic E-state index is 5.35. The summed E-state index contributed by atoms with van der Waals surface area (Å²) in [6.45, 7) is 0.421. The van der Waals surface area contributed by atoms with E-state index in [2.05, 4.69) is 4.98 Å². The number of aromatic nitrogens is 1. The Morgan fingerprint density at radius 3 is 2.92 bits per heavy atom. The monoisotopic (exact) mass is 175 g/mol. The molecule has 2 aromatic heterocycles. The van der Waals surface area contributed by atoms with Crippen molar-refractivity contribution < 1.29 is 9.15 Å². The first-order valence-electron chi connectivity index (χ1n) is 4.01. The minimum Gasteiger partial charge on any atom is -0.469 e. The number of hydrogen-bond acceptors (Lipinski definition) is 3. The topological polar surface area (TPSA) is 35.3 Å². The molecule has 2 heterocycles. The van der Waals surface area contributed by atoms with Crippen molar-refractivity contribution in [3.63, 3.8) is 0 Å². The first kappa shape index (κ1) is 7.86. The van der Waals surface area contributed by atoms with Gasteiger partial charge in [0.05, 0.1) is 6.26 Å². The van der Waals surface area contributed by atoms with Crippen molar-refractivity contribution in [3.8, 4) is 5.88 Å². The minimum atomic E-state index is 0.421. The highest BCUT2D eigenvalue weighted by Gasteiger charge is 1.96. The molecule has 0 saturated carbocycles. The molecule has 13 heavy (non-hydrogen) atoms. The first-order chi connectivity index (χ1) is 6.45. The van der Waals surface area contributed by atoms with E-state index in [1.54, 1.807) is 12.5 Å². The summed E-state index contributed by atoms with van der Waals surface area (Å²) >= 11 is 0. The van der Waals surface area contributed by atoms with Crippen molar-refractivity contribution in [2.75, 3.05) is 0 Å². The molecule has 0 saturated heterocycles. The molecule has 3 heteroatoms. The lowest BCUT2D eigenvalue weighted by Crippen LogP contribution is -1.94. The van der Waals surface area contributed by atoms with Crippen molar-refractivity contribution >= 4 is 0 Å². The van der Waals surface area contributed by atoms with Gasteiger partial charge in [-0.2, -0.15) is 0 Å². The van der Waals surface area contributed by atoms with Gasteiger partial charge in [0.1, 0.15) is 12.4 Å². The maximum atomic E-state index is 5.35. The smallest absolute Gasteiger partial charge is 0.213 e. The molecule has 3 nitrogen and oxygen atoms in total. The van der Waals surface area contributed by atoms with Gasteiger partial charge in [-0.1, -0.05) is 6.07 Å². The Kier molecular flexibility index (Phi) is 2.27. The second kappa shape index (κ2) is 3.76. The van der Waals surface area contributed by atoms with E-state index >= 15 is 0 Å². The zero-order valence-electron chi connectivity index (χ0n) is 7.01. The third-order valence-electron chi connectivity index (χ3n) is 1.58. The van der Waals surface area contributed by atoms with Gasteiger partial charge in [-0.15, -0.1) is 0 Å². The standard InChI is InChI=1S/C10H9NO2/c1-2-6-11-10(5-1)13-8-9-4-3-7-12-9/h1-7H,8H2. The number of pyridine rings is 1. The average molecular weight is 175 g/mol. The molecule has 0 aliphatic rings. The molecule has 2 aromatic rings. The van der Waals surface area contributed by atoms with Gasteiger partial charge in [0, 0.05) is 12.3 Å². The van der Waals surface area contributed by atoms with Gasteiger partial charge in [0.15, 0.2) is 0 Å². The van der Waals surface area contributed by atoms with E-state index in [1.165, 1.54) is 0 Å². The summed E-state index contributed by atoms with van der Waals surface area (Å²) in [5, 5.41) is 0. The summed E-state index contributed by atoms with van der Waals surface area (Å²) in [7, 11) is 0. The summed E-state index contributed by atoms with van der Waals surface area (Å²) in [6, 6.07) is 9.23. The van der Waals surface area contributed by atoms with Crippen LogP contribution in [-0.4, -0.2) is 4.98 Å². The maximum Gasteiger partial charge on any atom is 0.213 e. The molecule has 2 rings (SSSR count). The predicted molar refractivity (Wildman–Crippen MR) is 47.3 cm³/mol. The number of nitrogens with zero attached hydrogens (tertiary/aromatic N) is 1. The van der Waals surface area contributed by atoms with Crippen LogP contribution in [0.4, 0.5) is 0 Å². The van der Waals surface area contributed by atoms with Gasteiger partial charge in [-0.3, -0.25) is 0 Å². The Morgan fingerprint density at radius 1 is 1.23 bits per heavy atom. The molecular weight excluding hydrogens is 166 g/mol. The molecule has 0 aliphatic carbocycles. The predicted octanol–water partition coefficient (Wildman–Crippen LogP) is 2.25. The fraction of sp³-hybridized carbons (Fsp3) is 0.100. The minimum absolute atomic E-state index is 0.421. The van der Waals surface area contributed by atoms with Crippen molar-refractivity contribution in [2.24, 2.45) is 0 Å². The van der Waals surface area contributed by atoms with Gasteiger partial charge in [-0.25, -0.2) is 4.98 Å². The largest absolute Gasteiger partial charge is 0.469 e. The highest BCUT2D eigenvalue weighted by Crippen LogP contribution is 2.07. The van der Waals surface area contributed by atoms with Crippen molar-refractivity contribution in [1.29, 1.82) is 0 Å². The van der Waals surface area contributed by atoms with E-state index in [4.69, 9.17) is 9.15 Å². The van der Waals surface area contributed by atoms with Gasteiger partial charge in [-0.05, 0) is 18.2 Å². The van der Waals surface area contributed by atoms with E-state index in [0.29, 0.717) is 12.5 Å². The Hall–Kier alpha value is -1.77. The molecular formula is C10H9NO2. The third kappa shape index (κ3) is 2.08. The van der Waals surface area contributed by atoms with Gasteiger partial charge in [0.25, 0.3) is 0 Å². The normalized spacial score (nSPS) is 9.85. The lowest BCUT2D eigenvalue weighted by atomic mass is 10.5. The number of ether oxygens (including phenoxy) is 1. The number of hydrogen-bond donors (Lipinski definition) is 0. The van der Waals surface area contributed by atoms with Gasteiger partial charge < -0.3 is 9.15 Å². The molecule has 0 unspecified atom stereocenters. The Morgan fingerprint density at radius 2 is 2.23 bits per heavy atom. The summed E-state index contributed by atoms with van der Waals surface area (Å²) in [5.41, 5.74) is 0. The van der Waals surface area contributed by atoms with Gasteiger partial charge in [0.2, 0.25) is 5.88 Å². The van der Waals surface area contributed by atoms with Crippen LogP contribution in [0.5, 0.6) is 5.88 Å². The second-order valence-electron chi connectivity index (χ2n) is 2.54. The van der Waals surface area contributed by atoms with Crippen LogP contribution >= 0.6 is 0 Å². The molecule has 0 aromatic carbocycles. The van der Waals surface area contributed by atoms with E-state index in [9.17, 15) is 0 Å². The summed E-state index contributed by atoms with van der Waals surface area (Å²) in [4.78, 5) is 4.01. The zero-order chi connectivity index (χ0) is 8.93. The van der Waals surface area contributed by atoms with Crippen LogP contribution in [0.25, 0.3) is 0 Å². The highest BCUT2D eigenvalue weighted by atomic mass is 16.5. The van der Waals surface area contributed by atoms with Crippen LogP contribution in [0.3, 0.4) is 0 Å². The summed E-state index contributed by atoms with van der Waals surface area (Å²) < 4.78 is 10.4. The fourth-order valence-corrected chi connectivity index (χ4v) is 0.972. The van der Waals surface area contributed by atoms with Crippen LogP contribution in [0.2, 0.25) is 0 Å². The molecule has 0 bridgehead atoms. The fourth-order valence-electron chi connectivity index (χ4n) is 0.972. The highest BCUT2D eigenvalue weighted by molar-refractivity contribution is 5.09. The van der Waals surface area contributed by atoms with E-state index in [-0.39, 0.29) is 0 Å². The molecule has 0 aliphatic heterocycles. The molecule has 66 valence electrons. The van der Waals surface area contributed by atoms with E-state index < -0.39 is 0 Å². The van der Waals surface area contributed by atoms with E-state index in [1.807, 2.05) is 30.3 Å². The van der Waals surface area contributed by atoms with Gasteiger partial charge >= 0.3 is 0 Å². The zero-order valence-corrected chi connectivity index (χ0v) is 7.01. The Bertz CT molecular complexity index is 342. The average Bonchev–Trinajstić information content (AvgIpc) is 2.69. The van der Waals surface area contributed by atoms with Crippen LogP contribution in [0.1, 0.15) is 5.76 Å². The molecule has 0 fully saturated rings. The third-order valence-corrected chi connectivity index (χ3v) is 1.58. The first-order valence-corrected chi connectivity index (χ1v) is 4.01. The molecule has 0 spiro atoms. The molecule has 0 atom stereocenters. The Balaban J connectivity index is 1.94. The lowest BCUT2D eigenvalue weighted by Gasteiger charge is -2.00. The van der Waals surface area contributed by atoms with Crippen molar-refractivity contribution in [2.45, 2.75) is 6.61 Å². The van der Waals surface area contributed by atoms with Crippen molar-refractivity contribution in [1.82, 2.24) is 4.98 Å². The SMILES string of the molecule is c1ccc(OCc2ccco2)nc1. The van der Waals surface area contributed by atoms with Crippen LogP contribution < -0.4 is 4.74 Å². The molecule has 0 amide bonds. The molecule has 0 N–H and O–H groups in total. The van der Waals surface area contributed by atoms with Crippen LogP contribution in [-0.2, 0) is 6.61 Å². The Labute approximate surface area is 76.0 Å². The number of furan rings is 1. The summed E-state index contributed by atoms with van der Waals surface area (Å²) in [6.07, 6.45) is 3.31. The second-order valence-corrected chi connectivity index (χ2v) is 2.54. The summed E-state index contributed by atoms with van der Waals surface area (Å²) in [5.74, 6) is 1.41. The van der Waals surface area contributed by atoms with Crippen molar-refractivity contribution in [3.05, 3.63) is 48.6 Å². The van der Waals surface area contributed by atoms with Crippen LogP contribution in [0, 0.1) is 0 Å². The van der Waals surface area contributed by atoms with Crippen LogP contribution in [0.15, 0.2) is 47.2 Å². The van der Waals surface area contributed by atoms with E-state index in [0.717, 1.165) is 5.76 Å².